The van der Waals surface area contributed by atoms with Gasteiger partial charge in [0, 0.05) is 18.9 Å². The average molecular weight is 301 g/mol. The largest absolute Gasteiger partial charge is 0.416 e. The van der Waals surface area contributed by atoms with Crippen LogP contribution in [0.1, 0.15) is 36.3 Å². The van der Waals surface area contributed by atoms with E-state index in [4.69, 9.17) is 0 Å². The summed E-state index contributed by atoms with van der Waals surface area (Å²) in [5.41, 5.74) is -0.946. The summed E-state index contributed by atoms with van der Waals surface area (Å²) in [4.78, 5) is 7.01. The molecule has 0 aliphatic heterocycles. The summed E-state index contributed by atoms with van der Waals surface area (Å²) < 4.78 is 51.7. The zero-order valence-corrected chi connectivity index (χ0v) is 11.3. The maximum atomic E-state index is 13.0. The Kier molecular flexibility index (Phi) is 4.62. The quantitative estimate of drug-likeness (QED) is 0.825. The Balaban J connectivity index is 2.16. The highest BCUT2D eigenvalue weighted by Gasteiger charge is 2.33. The molecule has 0 fully saturated rings. The zero-order valence-electron chi connectivity index (χ0n) is 11.3. The topological polar surface area (TPSA) is 40.7 Å². The maximum absolute atomic E-state index is 13.0. The van der Waals surface area contributed by atoms with E-state index >= 15 is 0 Å². The van der Waals surface area contributed by atoms with Crippen molar-refractivity contribution in [3.05, 3.63) is 53.4 Å². The van der Waals surface area contributed by atoms with E-state index in [1.54, 1.807) is 12.4 Å². The number of rotatable bonds is 5. The number of imidazole rings is 1. The molecule has 1 aromatic carbocycles. The predicted molar refractivity (Wildman–Crippen MR) is 69.9 cm³/mol. The number of halogens is 4. The van der Waals surface area contributed by atoms with Crippen molar-refractivity contribution in [1.82, 2.24) is 15.3 Å². The van der Waals surface area contributed by atoms with E-state index < -0.39 is 17.6 Å². The van der Waals surface area contributed by atoms with Crippen LogP contribution in [0.5, 0.6) is 0 Å². The van der Waals surface area contributed by atoms with E-state index in [9.17, 15) is 17.6 Å². The van der Waals surface area contributed by atoms with Crippen LogP contribution < -0.4 is 5.32 Å². The lowest BCUT2D eigenvalue weighted by Gasteiger charge is -2.17. The van der Waals surface area contributed by atoms with Crippen LogP contribution in [0, 0.1) is 5.82 Å². The fourth-order valence-corrected chi connectivity index (χ4v) is 2.10. The van der Waals surface area contributed by atoms with E-state index in [0.717, 1.165) is 12.1 Å². The molecule has 0 amide bonds. The fourth-order valence-electron chi connectivity index (χ4n) is 2.10. The summed E-state index contributed by atoms with van der Waals surface area (Å²) >= 11 is 0. The van der Waals surface area contributed by atoms with Gasteiger partial charge in [0.2, 0.25) is 0 Å². The first kappa shape index (κ1) is 15.5. The number of hydrogen-bond donors (Lipinski definition) is 2. The normalized spacial score (nSPS) is 13.4. The molecule has 0 aliphatic rings. The Labute approximate surface area is 119 Å². The molecule has 7 heteroatoms. The molecule has 0 radical (unpaired) electrons. The van der Waals surface area contributed by atoms with Gasteiger partial charge in [-0.1, -0.05) is 13.0 Å². The summed E-state index contributed by atoms with van der Waals surface area (Å²) in [6.45, 7) is 1.88. The maximum Gasteiger partial charge on any atom is 0.416 e. The van der Waals surface area contributed by atoms with E-state index in [-0.39, 0.29) is 18.2 Å². The minimum atomic E-state index is -4.58. The van der Waals surface area contributed by atoms with Crippen LogP contribution in [0.15, 0.2) is 30.6 Å². The third kappa shape index (κ3) is 3.81. The predicted octanol–water partition coefficient (Wildman–Crippen LogP) is 3.81. The number of alkyl halides is 3. The third-order valence-corrected chi connectivity index (χ3v) is 3.17. The van der Waals surface area contributed by atoms with Crippen LogP contribution >= 0.6 is 0 Å². The van der Waals surface area contributed by atoms with Crippen LogP contribution in [0.3, 0.4) is 0 Å². The second-order valence-electron chi connectivity index (χ2n) is 4.62. The summed E-state index contributed by atoms with van der Waals surface area (Å²) in [6.07, 6.45) is -0.682. The van der Waals surface area contributed by atoms with Crippen LogP contribution in [0.25, 0.3) is 0 Å². The highest BCUT2D eigenvalue weighted by Crippen LogP contribution is 2.32. The number of nitrogens with one attached hydrogen (secondary N) is 2. The van der Waals surface area contributed by atoms with Crippen molar-refractivity contribution < 1.29 is 17.6 Å². The van der Waals surface area contributed by atoms with Gasteiger partial charge in [-0.15, -0.1) is 0 Å². The van der Waals surface area contributed by atoms with Gasteiger partial charge in [-0.25, -0.2) is 9.37 Å². The van der Waals surface area contributed by atoms with E-state index in [1.165, 1.54) is 0 Å². The molecule has 1 unspecified atom stereocenters. The molecule has 3 nitrogen and oxygen atoms in total. The standard InChI is InChI=1S/C14H15F4N3/c1-2-12(13-19-5-6-20-13)21-8-9-3-4-10(15)7-11(9)14(16,17)18/h3-7,12,21H,2,8H2,1H3,(H,19,20). The van der Waals surface area contributed by atoms with Crippen LogP contribution in [0.2, 0.25) is 0 Å². The monoisotopic (exact) mass is 301 g/mol. The van der Waals surface area contributed by atoms with E-state index in [2.05, 4.69) is 15.3 Å². The van der Waals surface area contributed by atoms with Crippen molar-refractivity contribution in [2.45, 2.75) is 32.1 Å². The highest BCUT2D eigenvalue weighted by atomic mass is 19.4. The van der Waals surface area contributed by atoms with Crippen molar-refractivity contribution >= 4 is 0 Å². The van der Waals surface area contributed by atoms with Crippen molar-refractivity contribution in [3.63, 3.8) is 0 Å². The molecule has 0 saturated heterocycles. The fraction of sp³-hybridized carbons (Fsp3) is 0.357. The van der Waals surface area contributed by atoms with Gasteiger partial charge < -0.3 is 10.3 Å². The van der Waals surface area contributed by atoms with Crippen LogP contribution in [0.4, 0.5) is 17.6 Å². The zero-order chi connectivity index (χ0) is 15.5. The van der Waals surface area contributed by atoms with Gasteiger partial charge in [0.05, 0.1) is 11.6 Å². The number of benzene rings is 1. The van der Waals surface area contributed by atoms with Gasteiger partial charge in [-0.3, -0.25) is 0 Å². The van der Waals surface area contributed by atoms with Crippen molar-refractivity contribution in [2.24, 2.45) is 0 Å². The number of aromatic amines is 1. The molecular formula is C14H15F4N3. The second-order valence-corrected chi connectivity index (χ2v) is 4.62. The van der Waals surface area contributed by atoms with Crippen molar-refractivity contribution in [1.29, 1.82) is 0 Å². The van der Waals surface area contributed by atoms with E-state index in [0.29, 0.717) is 18.3 Å². The van der Waals surface area contributed by atoms with Crippen molar-refractivity contribution in [3.8, 4) is 0 Å². The highest BCUT2D eigenvalue weighted by molar-refractivity contribution is 5.30. The molecule has 0 spiro atoms. The molecule has 2 rings (SSSR count). The van der Waals surface area contributed by atoms with Gasteiger partial charge in [0.1, 0.15) is 11.6 Å². The first-order valence-electron chi connectivity index (χ1n) is 6.50. The lowest BCUT2D eigenvalue weighted by molar-refractivity contribution is -0.138. The number of hydrogen-bond acceptors (Lipinski definition) is 2. The molecule has 0 saturated carbocycles. The summed E-state index contributed by atoms with van der Waals surface area (Å²) in [7, 11) is 0. The van der Waals surface area contributed by atoms with Gasteiger partial charge in [-0.2, -0.15) is 13.2 Å². The first-order valence-corrected chi connectivity index (χ1v) is 6.50. The minimum absolute atomic E-state index is 0.00825. The van der Waals surface area contributed by atoms with Gasteiger partial charge in [0.15, 0.2) is 0 Å². The molecule has 0 aliphatic carbocycles. The Morgan fingerprint density at radius 3 is 2.67 bits per heavy atom. The van der Waals surface area contributed by atoms with Gasteiger partial charge >= 0.3 is 6.18 Å². The minimum Gasteiger partial charge on any atom is -0.347 e. The average Bonchev–Trinajstić information content (AvgIpc) is 2.94. The molecule has 114 valence electrons. The molecule has 1 aromatic heterocycles. The molecule has 1 heterocycles. The van der Waals surface area contributed by atoms with Gasteiger partial charge in [0.25, 0.3) is 0 Å². The number of aromatic nitrogens is 2. The Bertz CT molecular complexity index is 578. The van der Waals surface area contributed by atoms with Crippen LogP contribution in [-0.2, 0) is 12.7 Å². The molecular weight excluding hydrogens is 286 g/mol. The SMILES string of the molecule is CCC(NCc1ccc(F)cc1C(F)(F)F)c1ncc[nH]1. The number of nitrogens with zero attached hydrogens (tertiary/aromatic N) is 1. The third-order valence-electron chi connectivity index (χ3n) is 3.17. The van der Waals surface area contributed by atoms with Crippen LogP contribution in [-0.4, -0.2) is 9.97 Å². The Hall–Kier alpha value is -1.89. The van der Waals surface area contributed by atoms with Gasteiger partial charge in [-0.05, 0) is 24.1 Å². The smallest absolute Gasteiger partial charge is 0.347 e. The molecule has 21 heavy (non-hydrogen) atoms. The summed E-state index contributed by atoms with van der Waals surface area (Å²) in [6, 6.07) is 2.51. The second kappa shape index (κ2) is 6.26. The lowest BCUT2D eigenvalue weighted by Crippen LogP contribution is -2.23. The molecule has 1 atom stereocenters. The van der Waals surface area contributed by atoms with E-state index in [1.807, 2.05) is 6.92 Å². The van der Waals surface area contributed by atoms with Crippen molar-refractivity contribution in [2.75, 3.05) is 0 Å². The lowest BCUT2D eigenvalue weighted by atomic mass is 10.1. The molecule has 2 aromatic rings. The summed E-state index contributed by atoms with van der Waals surface area (Å²) in [5, 5.41) is 3.00. The Morgan fingerprint density at radius 1 is 1.33 bits per heavy atom. The first-order chi connectivity index (χ1) is 9.91. The summed E-state index contributed by atoms with van der Waals surface area (Å²) in [5.74, 6) is -0.239. The molecule has 0 bridgehead atoms. The molecule has 2 N–H and O–H groups in total. The Morgan fingerprint density at radius 2 is 2.10 bits per heavy atom. The number of H-pyrrole nitrogens is 1.